The van der Waals surface area contributed by atoms with E-state index >= 15 is 0 Å². The minimum atomic E-state index is -0.572. The van der Waals surface area contributed by atoms with E-state index in [-0.39, 0.29) is 12.3 Å². The third-order valence-electron chi connectivity index (χ3n) is 3.55. The highest BCUT2D eigenvalue weighted by Gasteiger charge is 2.11. The Morgan fingerprint density at radius 2 is 1.78 bits per heavy atom. The number of carbonyl (C=O) groups excluding carboxylic acids is 3. The van der Waals surface area contributed by atoms with Crippen molar-refractivity contribution in [1.29, 1.82) is 0 Å². The van der Waals surface area contributed by atoms with Gasteiger partial charge in [0.2, 0.25) is 0 Å². The molecule has 0 radical (unpaired) electrons. The van der Waals surface area contributed by atoms with Gasteiger partial charge in [-0.2, -0.15) is 0 Å². The van der Waals surface area contributed by atoms with Crippen LogP contribution in [0.25, 0.3) is 0 Å². The van der Waals surface area contributed by atoms with E-state index in [2.05, 4.69) is 30.0 Å². The van der Waals surface area contributed by atoms with Crippen LogP contribution in [0.4, 0.5) is 0 Å². The molecule has 3 N–H and O–H groups in total. The molecule has 0 aliphatic rings. The molecule has 0 bridgehead atoms. The van der Waals surface area contributed by atoms with Gasteiger partial charge in [0.15, 0.2) is 5.76 Å². The number of nitrogens with one attached hydrogen (secondary N) is 3. The molecule has 0 aliphatic carbocycles. The highest BCUT2D eigenvalue weighted by Crippen LogP contribution is 2.13. The molecule has 2 rings (SSSR count). The monoisotopic (exact) mass is 373 g/mol. The smallest absolute Gasteiger partial charge is 0.287 e. The highest BCUT2D eigenvalue weighted by atomic mass is 16.5. The van der Waals surface area contributed by atoms with Gasteiger partial charge in [-0.3, -0.25) is 25.2 Å². The van der Waals surface area contributed by atoms with Gasteiger partial charge in [-0.25, -0.2) is 0 Å². The number of amides is 3. The summed E-state index contributed by atoms with van der Waals surface area (Å²) in [4.78, 5) is 35.3. The molecule has 8 nitrogen and oxygen atoms in total. The molecule has 1 aromatic heterocycles. The maximum atomic E-state index is 12.0. The topological polar surface area (TPSA) is 110 Å². The zero-order chi connectivity index (χ0) is 19.6. The van der Waals surface area contributed by atoms with Crippen molar-refractivity contribution in [3.8, 4) is 5.75 Å². The molecular formula is C19H23N3O5. The van der Waals surface area contributed by atoms with Crippen LogP contribution in [-0.2, 0) is 4.79 Å². The van der Waals surface area contributed by atoms with Crippen LogP contribution in [0.15, 0.2) is 47.1 Å². The van der Waals surface area contributed by atoms with E-state index in [4.69, 9.17) is 9.15 Å². The number of benzene rings is 1. The van der Waals surface area contributed by atoms with Crippen molar-refractivity contribution in [3.05, 3.63) is 54.0 Å². The van der Waals surface area contributed by atoms with E-state index in [0.29, 0.717) is 23.8 Å². The lowest BCUT2D eigenvalue weighted by atomic mass is 10.1. The Kier molecular flexibility index (Phi) is 7.42. The van der Waals surface area contributed by atoms with Crippen molar-refractivity contribution >= 4 is 17.7 Å². The van der Waals surface area contributed by atoms with E-state index < -0.39 is 17.7 Å². The molecule has 1 heterocycles. The van der Waals surface area contributed by atoms with E-state index in [1.54, 1.807) is 30.3 Å². The second-order valence-corrected chi connectivity index (χ2v) is 6.22. The average Bonchev–Trinajstić information content (AvgIpc) is 3.19. The number of hydrogen-bond donors (Lipinski definition) is 3. The summed E-state index contributed by atoms with van der Waals surface area (Å²) in [6, 6.07) is 9.64. The number of ether oxygens (including phenoxy) is 1. The number of carbonyl (C=O) groups is 3. The quantitative estimate of drug-likeness (QED) is 0.612. The molecule has 0 aliphatic heterocycles. The van der Waals surface area contributed by atoms with Crippen LogP contribution < -0.4 is 20.9 Å². The van der Waals surface area contributed by atoms with Gasteiger partial charge in [0.1, 0.15) is 5.75 Å². The Labute approximate surface area is 157 Å². The first-order valence-corrected chi connectivity index (χ1v) is 8.59. The van der Waals surface area contributed by atoms with E-state index in [0.717, 1.165) is 6.42 Å². The number of furan rings is 1. The summed E-state index contributed by atoms with van der Waals surface area (Å²) in [6.07, 6.45) is 2.31. The van der Waals surface area contributed by atoms with Crippen LogP contribution in [-0.4, -0.2) is 30.9 Å². The predicted molar refractivity (Wildman–Crippen MR) is 98.0 cm³/mol. The van der Waals surface area contributed by atoms with Gasteiger partial charge in [0.05, 0.1) is 19.4 Å². The minimum Gasteiger partial charge on any atom is -0.494 e. The van der Waals surface area contributed by atoms with Crippen LogP contribution in [0.3, 0.4) is 0 Å². The van der Waals surface area contributed by atoms with Gasteiger partial charge in [-0.15, -0.1) is 0 Å². The van der Waals surface area contributed by atoms with Gasteiger partial charge in [-0.1, -0.05) is 13.8 Å². The zero-order valence-electron chi connectivity index (χ0n) is 15.3. The van der Waals surface area contributed by atoms with Gasteiger partial charge < -0.3 is 14.5 Å². The lowest BCUT2D eigenvalue weighted by molar-refractivity contribution is -0.120. The van der Waals surface area contributed by atoms with Crippen molar-refractivity contribution in [1.82, 2.24) is 16.2 Å². The van der Waals surface area contributed by atoms with Crippen LogP contribution >= 0.6 is 0 Å². The first-order valence-electron chi connectivity index (χ1n) is 8.59. The fourth-order valence-electron chi connectivity index (χ4n) is 2.01. The van der Waals surface area contributed by atoms with Crippen molar-refractivity contribution in [3.63, 3.8) is 0 Å². The molecule has 0 atom stereocenters. The molecule has 144 valence electrons. The minimum absolute atomic E-state index is 0.0996. The molecule has 8 heteroatoms. The van der Waals surface area contributed by atoms with E-state index in [9.17, 15) is 14.4 Å². The molecule has 0 saturated carbocycles. The normalized spacial score (nSPS) is 10.3. The van der Waals surface area contributed by atoms with Crippen molar-refractivity contribution in [2.24, 2.45) is 5.92 Å². The second kappa shape index (κ2) is 10.0. The Balaban J connectivity index is 1.71. The summed E-state index contributed by atoms with van der Waals surface area (Å²) in [6.45, 7) is 4.55. The third kappa shape index (κ3) is 6.85. The summed E-state index contributed by atoms with van der Waals surface area (Å²) in [5, 5.41) is 2.37. The summed E-state index contributed by atoms with van der Waals surface area (Å²) in [5.74, 6) is -0.234. The Bertz CT molecular complexity index is 754. The Morgan fingerprint density at radius 3 is 2.41 bits per heavy atom. The van der Waals surface area contributed by atoms with E-state index in [1.807, 2.05) is 0 Å². The molecule has 0 saturated heterocycles. The SMILES string of the molecule is CC(C)CCOc1ccc(C(=O)NNC(=O)CNC(=O)c2ccco2)cc1. The van der Waals surface area contributed by atoms with Gasteiger partial charge in [0.25, 0.3) is 17.7 Å². The molecule has 27 heavy (non-hydrogen) atoms. The fourth-order valence-corrected chi connectivity index (χ4v) is 2.01. The van der Waals surface area contributed by atoms with Gasteiger partial charge in [0, 0.05) is 5.56 Å². The highest BCUT2D eigenvalue weighted by molar-refractivity contribution is 5.97. The van der Waals surface area contributed by atoms with Crippen molar-refractivity contribution < 1.29 is 23.5 Å². The fraction of sp³-hybridized carbons (Fsp3) is 0.316. The number of hydrazine groups is 1. The van der Waals surface area contributed by atoms with Crippen LogP contribution in [0, 0.1) is 5.92 Å². The second-order valence-electron chi connectivity index (χ2n) is 6.22. The molecule has 1 aromatic carbocycles. The zero-order valence-corrected chi connectivity index (χ0v) is 15.3. The van der Waals surface area contributed by atoms with Crippen LogP contribution in [0.1, 0.15) is 41.2 Å². The van der Waals surface area contributed by atoms with E-state index in [1.165, 1.54) is 12.3 Å². The van der Waals surface area contributed by atoms with Gasteiger partial charge >= 0.3 is 0 Å². The van der Waals surface area contributed by atoms with Gasteiger partial charge in [-0.05, 0) is 48.7 Å². The molecular weight excluding hydrogens is 350 g/mol. The lowest BCUT2D eigenvalue weighted by Gasteiger charge is -2.10. The summed E-state index contributed by atoms with van der Waals surface area (Å²) in [5.41, 5.74) is 4.88. The van der Waals surface area contributed by atoms with Crippen molar-refractivity contribution in [2.45, 2.75) is 20.3 Å². The molecule has 0 fully saturated rings. The predicted octanol–water partition coefficient (Wildman–Crippen LogP) is 1.90. The lowest BCUT2D eigenvalue weighted by Crippen LogP contribution is -2.46. The summed E-state index contributed by atoms with van der Waals surface area (Å²) >= 11 is 0. The maximum absolute atomic E-state index is 12.0. The molecule has 0 spiro atoms. The molecule has 3 amide bonds. The Hall–Kier alpha value is -3.29. The maximum Gasteiger partial charge on any atom is 0.287 e. The average molecular weight is 373 g/mol. The number of hydrogen-bond acceptors (Lipinski definition) is 5. The standard InChI is InChI=1S/C19H23N3O5/c1-13(2)9-11-26-15-7-5-14(6-8-15)18(24)22-21-17(23)12-20-19(25)16-4-3-10-27-16/h3-8,10,13H,9,11-12H2,1-2H3,(H,20,25)(H,21,23)(H,22,24). The first-order chi connectivity index (χ1) is 13.0. The third-order valence-corrected chi connectivity index (χ3v) is 3.55. The molecule has 2 aromatic rings. The first kappa shape index (κ1) is 20.0. The largest absolute Gasteiger partial charge is 0.494 e. The number of rotatable bonds is 8. The summed E-state index contributed by atoms with van der Waals surface area (Å²) in [7, 11) is 0. The van der Waals surface area contributed by atoms with Crippen molar-refractivity contribution in [2.75, 3.05) is 13.2 Å². The van der Waals surface area contributed by atoms with Crippen LogP contribution in [0.2, 0.25) is 0 Å². The summed E-state index contributed by atoms with van der Waals surface area (Å²) < 4.78 is 10.5. The Morgan fingerprint density at radius 1 is 1.04 bits per heavy atom. The molecule has 0 unspecified atom stereocenters. The van der Waals surface area contributed by atoms with Crippen LogP contribution in [0.5, 0.6) is 5.75 Å².